The van der Waals surface area contributed by atoms with Crippen LogP contribution in [0.5, 0.6) is 0 Å². The van der Waals surface area contributed by atoms with E-state index in [2.05, 4.69) is 17.0 Å². The molecule has 0 spiro atoms. The Morgan fingerprint density at radius 2 is 1.95 bits per heavy atom. The van der Waals surface area contributed by atoms with Crippen molar-refractivity contribution in [2.45, 2.75) is 43.7 Å². The van der Waals surface area contributed by atoms with E-state index in [4.69, 9.17) is 4.74 Å². The molecule has 0 atom stereocenters. The molecule has 1 aliphatic heterocycles. The highest BCUT2D eigenvalue weighted by atomic mass is 32.2. The van der Waals surface area contributed by atoms with Crippen LogP contribution in [-0.2, 0) is 21.3 Å². The van der Waals surface area contributed by atoms with E-state index >= 15 is 0 Å². The maximum Gasteiger partial charge on any atom is 0.241 e. The predicted molar refractivity (Wildman–Crippen MR) is 82.6 cm³/mol. The van der Waals surface area contributed by atoms with Crippen molar-refractivity contribution >= 4 is 10.0 Å². The lowest BCUT2D eigenvalue weighted by Gasteiger charge is -2.23. The van der Waals surface area contributed by atoms with Crippen LogP contribution in [0, 0.1) is 0 Å². The molecule has 1 aromatic rings. The molecule has 0 aliphatic carbocycles. The molecule has 0 amide bonds. The summed E-state index contributed by atoms with van der Waals surface area (Å²) in [5, 5.41) is 3.26. The number of hydrogen-bond donors (Lipinski definition) is 2. The predicted octanol–water partition coefficient (Wildman–Crippen LogP) is 1.64. The smallest absolute Gasteiger partial charge is 0.241 e. The molecule has 0 bridgehead atoms. The van der Waals surface area contributed by atoms with Crippen LogP contribution < -0.4 is 10.0 Å². The van der Waals surface area contributed by atoms with Gasteiger partial charge in [0.15, 0.2) is 0 Å². The summed E-state index contributed by atoms with van der Waals surface area (Å²) >= 11 is 0. The Labute approximate surface area is 127 Å². The minimum absolute atomic E-state index is 0.0274. The maximum absolute atomic E-state index is 12.6. The van der Waals surface area contributed by atoms with E-state index in [-0.39, 0.29) is 6.04 Å². The fourth-order valence-electron chi connectivity index (χ4n) is 2.41. The lowest BCUT2D eigenvalue weighted by molar-refractivity contribution is 0.0832. The molecule has 1 fully saturated rings. The van der Waals surface area contributed by atoms with E-state index < -0.39 is 10.0 Å². The van der Waals surface area contributed by atoms with E-state index in [1.54, 1.807) is 12.1 Å². The monoisotopic (exact) mass is 312 g/mol. The van der Waals surface area contributed by atoms with Gasteiger partial charge in [-0.15, -0.1) is 0 Å². The Hall–Kier alpha value is -0.950. The topological polar surface area (TPSA) is 67.4 Å². The Morgan fingerprint density at radius 3 is 2.67 bits per heavy atom. The van der Waals surface area contributed by atoms with E-state index in [0.717, 1.165) is 31.4 Å². The van der Waals surface area contributed by atoms with Gasteiger partial charge in [-0.3, -0.25) is 0 Å². The van der Waals surface area contributed by atoms with Crippen LogP contribution in [0.4, 0.5) is 0 Å². The molecule has 0 aromatic heterocycles. The van der Waals surface area contributed by atoms with Gasteiger partial charge in [0, 0.05) is 25.8 Å². The summed E-state index contributed by atoms with van der Waals surface area (Å²) in [6.45, 7) is 4.77. The molecule has 1 saturated heterocycles. The van der Waals surface area contributed by atoms with Gasteiger partial charge in [-0.05, 0) is 37.4 Å². The van der Waals surface area contributed by atoms with Gasteiger partial charge >= 0.3 is 0 Å². The van der Waals surface area contributed by atoms with Crippen molar-refractivity contribution in [3.8, 4) is 0 Å². The fourth-order valence-corrected chi connectivity index (χ4v) is 3.95. The molecule has 1 aliphatic rings. The zero-order chi connectivity index (χ0) is 15.1. The second-order valence-corrected chi connectivity index (χ2v) is 6.97. The molecule has 118 valence electrons. The molecule has 0 radical (unpaired) electrons. The Balaban J connectivity index is 2.10. The highest BCUT2D eigenvalue weighted by Gasteiger charge is 2.23. The van der Waals surface area contributed by atoms with Gasteiger partial charge in [0.25, 0.3) is 0 Å². The van der Waals surface area contributed by atoms with Crippen molar-refractivity contribution in [1.82, 2.24) is 10.0 Å². The summed E-state index contributed by atoms with van der Waals surface area (Å²) in [5.74, 6) is 0. The van der Waals surface area contributed by atoms with Crippen molar-refractivity contribution in [3.05, 3.63) is 29.8 Å². The van der Waals surface area contributed by atoms with Crippen LogP contribution in [-0.4, -0.2) is 34.2 Å². The van der Waals surface area contributed by atoms with Crippen LogP contribution in [0.15, 0.2) is 29.2 Å². The Bertz CT molecular complexity index is 540. The molecule has 5 nitrogen and oxygen atoms in total. The van der Waals surface area contributed by atoms with Gasteiger partial charge < -0.3 is 10.1 Å². The third-order valence-electron chi connectivity index (χ3n) is 3.55. The van der Waals surface area contributed by atoms with Crippen molar-refractivity contribution in [1.29, 1.82) is 0 Å². The average Bonchev–Trinajstić information content (AvgIpc) is 2.48. The summed E-state index contributed by atoms with van der Waals surface area (Å²) in [6.07, 6.45) is 2.49. The quantitative estimate of drug-likeness (QED) is 0.751. The standard InChI is InChI=1S/C15H24N2O3S/c1-2-9-16-12-13-5-3-4-6-15(13)21(18,19)17-14-7-10-20-11-8-14/h3-6,14,16-17H,2,7-12H2,1H3. The highest BCUT2D eigenvalue weighted by Crippen LogP contribution is 2.17. The fraction of sp³-hybridized carbons (Fsp3) is 0.600. The third kappa shape index (κ3) is 4.78. The zero-order valence-corrected chi connectivity index (χ0v) is 13.3. The van der Waals surface area contributed by atoms with Gasteiger partial charge in [-0.1, -0.05) is 25.1 Å². The first-order valence-corrected chi connectivity index (χ1v) is 9.00. The van der Waals surface area contributed by atoms with Crippen LogP contribution in [0.25, 0.3) is 0 Å². The minimum atomic E-state index is -3.47. The second kappa shape index (κ2) is 7.89. The van der Waals surface area contributed by atoms with E-state index in [9.17, 15) is 8.42 Å². The third-order valence-corrected chi connectivity index (χ3v) is 5.17. The second-order valence-electron chi connectivity index (χ2n) is 5.29. The number of sulfonamides is 1. The summed E-state index contributed by atoms with van der Waals surface area (Å²) in [4.78, 5) is 0.375. The molecule has 2 rings (SSSR count). The molecule has 1 heterocycles. The van der Waals surface area contributed by atoms with Crippen LogP contribution in [0.1, 0.15) is 31.7 Å². The molecule has 21 heavy (non-hydrogen) atoms. The lowest BCUT2D eigenvalue weighted by atomic mass is 10.1. The van der Waals surface area contributed by atoms with Gasteiger partial charge in [0.2, 0.25) is 10.0 Å². The van der Waals surface area contributed by atoms with Gasteiger partial charge in [0.1, 0.15) is 0 Å². The number of rotatable bonds is 7. The summed E-state index contributed by atoms with van der Waals surface area (Å²) in [6, 6.07) is 7.14. The van der Waals surface area contributed by atoms with Crippen molar-refractivity contribution in [2.24, 2.45) is 0 Å². The molecule has 0 unspecified atom stereocenters. The van der Waals surface area contributed by atoms with Crippen LogP contribution in [0.3, 0.4) is 0 Å². The van der Waals surface area contributed by atoms with Gasteiger partial charge in [-0.2, -0.15) is 0 Å². The molecule has 2 N–H and O–H groups in total. The summed E-state index contributed by atoms with van der Waals surface area (Å²) in [5.41, 5.74) is 0.811. The first-order chi connectivity index (χ1) is 10.1. The lowest BCUT2D eigenvalue weighted by Crippen LogP contribution is -2.39. The van der Waals surface area contributed by atoms with Gasteiger partial charge in [-0.25, -0.2) is 13.1 Å². The summed E-state index contributed by atoms with van der Waals surface area (Å²) in [7, 11) is -3.47. The molecular formula is C15H24N2O3S. The molecule has 1 aromatic carbocycles. The SMILES string of the molecule is CCCNCc1ccccc1S(=O)(=O)NC1CCOCC1. The average molecular weight is 312 g/mol. The molecule has 0 saturated carbocycles. The van der Waals surface area contributed by atoms with Crippen molar-refractivity contribution < 1.29 is 13.2 Å². The van der Waals surface area contributed by atoms with Crippen molar-refractivity contribution in [2.75, 3.05) is 19.8 Å². The summed E-state index contributed by atoms with van der Waals surface area (Å²) < 4.78 is 33.2. The minimum Gasteiger partial charge on any atom is -0.381 e. The number of nitrogens with one attached hydrogen (secondary N) is 2. The van der Waals surface area contributed by atoms with Crippen molar-refractivity contribution in [3.63, 3.8) is 0 Å². The van der Waals surface area contributed by atoms with Gasteiger partial charge in [0.05, 0.1) is 4.90 Å². The first kappa shape index (κ1) is 16.4. The molecular weight excluding hydrogens is 288 g/mol. The number of benzene rings is 1. The maximum atomic E-state index is 12.6. The van der Waals surface area contributed by atoms with E-state index in [1.165, 1.54) is 0 Å². The first-order valence-electron chi connectivity index (χ1n) is 7.52. The number of hydrogen-bond acceptors (Lipinski definition) is 4. The normalized spacial score (nSPS) is 17.0. The van der Waals surface area contributed by atoms with E-state index in [1.807, 2.05) is 12.1 Å². The van der Waals surface area contributed by atoms with Crippen LogP contribution >= 0.6 is 0 Å². The Morgan fingerprint density at radius 1 is 1.24 bits per heavy atom. The zero-order valence-electron chi connectivity index (χ0n) is 12.5. The Kier molecular flexibility index (Phi) is 6.17. The van der Waals surface area contributed by atoms with E-state index in [0.29, 0.717) is 24.7 Å². The largest absolute Gasteiger partial charge is 0.381 e. The number of ether oxygens (including phenoxy) is 1. The molecule has 6 heteroatoms. The van der Waals surface area contributed by atoms with Crippen LogP contribution in [0.2, 0.25) is 0 Å². The highest BCUT2D eigenvalue weighted by molar-refractivity contribution is 7.89.